The van der Waals surface area contributed by atoms with E-state index in [2.05, 4.69) is 50.1 Å². The van der Waals surface area contributed by atoms with Crippen LogP contribution >= 0.6 is 0 Å². The van der Waals surface area contributed by atoms with E-state index in [1.54, 1.807) is 0 Å². The third-order valence-corrected chi connectivity index (χ3v) is 6.12. The van der Waals surface area contributed by atoms with Gasteiger partial charge >= 0.3 is 0 Å². The Bertz CT molecular complexity index is 951. The smallest absolute Gasteiger partial charge is 0.224 e. The third-order valence-electron chi connectivity index (χ3n) is 6.12. The van der Waals surface area contributed by atoms with Crippen LogP contribution in [0.25, 0.3) is 11.0 Å². The normalized spacial score (nSPS) is 24.4. The van der Waals surface area contributed by atoms with Gasteiger partial charge in [0.15, 0.2) is 0 Å². The van der Waals surface area contributed by atoms with E-state index in [0.29, 0.717) is 24.8 Å². The SMILES string of the molecule is O=C(CCn1cnc2ccccc21)N1C[C@@H]2CNC[C@@H]2[C@@H]1c1ccccc1. The lowest BCUT2D eigenvalue weighted by Crippen LogP contribution is -2.35. The Hall–Kier alpha value is -2.66. The fourth-order valence-electron chi connectivity index (χ4n) is 4.80. The van der Waals surface area contributed by atoms with Crippen LogP contribution in [0.15, 0.2) is 60.9 Å². The minimum atomic E-state index is 0.193. The Morgan fingerprint density at radius 1 is 1.07 bits per heavy atom. The van der Waals surface area contributed by atoms with Gasteiger partial charge in [0.05, 0.1) is 23.4 Å². The van der Waals surface area contributed by atoms with Gasteiger partial charge in [-0.2, -0.15) is 0 Å². The molecule has 0 radical (unpaired) electrons. The third kappa shape index (κ3) is 2.92. The summed E-state index contributed by atoms with van der Waals surface area (Å²) in [6, 6.07) is 18.8. The number of aryl methyl sites for hydroxylation is 1. The number of para-hydroxylation sites is 2. The quantitative estimate of drug-likeness (QED) is 0.778. The van der Waals surface area contributed by atoms with Crippen LogP contribution in [-0.4, -0.2) is 40.0 Å². The second kappa shape index (κ2) is 6.82. The van der Waals surface area contributed by atoms with Gasteiger partial charge in [0.1, 0.15) is 0 Å². The topological polar surface area (TPSA) is 50.2 Å². The van der Waals surface area contributed by atoms with Crippen molar-refractivity contribution in [2.75, 3.05) is 19.6 Å². The molecule has 1 N–H and O–H groups in total. The molecule has 2 aromatic carbocycles. The molecule has 138 valence electrons. The van der Waals surface area contributed by atoms with Crippen molar-refractivity contribution in [3.8, 4) is 0 Å². The Kier molecular flexibility index (Phi) is 4.17. The van der Waals surface area contributed by atoms with Gasteiger partial charge in [-0.25, -0.2) is 4.98 Å². The van der Waals surface area contributed by atoms with E-state index < -0.39 is 0 Å². The molecule has 3 atom stereocenters. The molecule has 5 rings (SSSR count). The van der Waals surface area contributed by atoms with Crippen molar-refractivity contribution in [3.05, 3.63) is 66.5 Å². The average Bonchev–Trinajstić information content (AvgIpc) is 3.41. The number of likely N-dealkylation sites (tertiary alicyclic amines) is 1. The van der Waals surface area contributed by atoms with Crippen LogP contribution in [-0.2, 0) is 11.3 Å². The summed E-state index contributed by atoms with van der Waals surface area (Å²) in [4.78, 5) is 19.7. The molecule has 1 aromatic heterocycles. The second-order valence-corrected chi connectivity index (χ2v) is 7.66. The maximum Gasteiger partial charge on any atom is 0.224 e. The van der Waals surface area contributed by atoms with Crippen LogP contribution in [0.1, 0.15) is 18.0 Å². The molecule has 0 aliphatic carbocycles. The highest BCUT2D eigenvalue weighted by Crippen LogP contribution is 2.42. The average molecular weight is 360 g/mol. The molecule has 27 heavy (non-hydrogen) atoms. The molecule has 5 nitrogen and oxygen atoms in total. The number of benzene rings is 2. The summed E-state index contributed by atoms with van der Waals surface area (Å²) in [7, 11) is 0. The van der Waals surface area contributed by atoms with Crippen molar-refractivity contribution >= 4 is 16.9 Å². The van der Waals surface area contributed by atoms with Crippen LogP contribution < -0.4 is 5.32 Å². The summed E-state index contributed by atoms with van der Waals surface area (Å²) in [6.45, 7) is 3.55. The zero-order chi connectivity index (χ0) is 18.2. The minimum Gasteiger partial charge on any atom is -0.335 e. The van der Waals surface area contributed by atoms with Gasteiger partial charge in [0.25, 0.3) is 0 Å². The maximum absolute atomic E-state index is 13.2. The molecule has 5 heteroatoms. The van der Waals surface area contributed by atoms with Crippen molar-refractivity contribution < 1.29 is 4.79 Å². The first kappa shape index (κ1) is 16.5. The number of rotatable bonds is 4. The van der Waals surface area contributed by atoms with Gasteiger partial charge < -0.3 is 14.8 Å². The van der Waals surface area contributed by atoms with Crippen molar-refractivity contribution in [2.24, 2.45) is 11.8 Å². The predicted molar refractivity (Wildman–Crippen MR) is 105 cm³/mol. The number of hydrogen-bond acceptors (Lipinski definition) is 3. The summed E-state index contributed by atoms with van der Waals surface area (Å²) < 4.78 is 2.09. The number of nitrogens with zero attached hydrogens (tertiary/aromatic N) is 3. The summed E-state index contributed by atoms with van der Waals surface area (Å²) in [6.07, 6.45) is 2.35. The zero-order valence-corrected chi connectivity index (χ0v) is 15.3. The second-order valence-electron chi connectivity index (χ2n) is 7.66. The van der Waals surface area contributed by atoms with Crippen LogP contribution in [0.2, 0.25) is 0 Å². The lowest BCUT2D eigenvalue weighted by molar-refractivity contribution is -0.132. The van der Waals surface area contributed by atoms with Gasteiger partial charge in [-0.1, -0.05) is 42.5 Å². The molecule has 2 fully saturated rings. The lowest BCUT2D eigenvalue weighted by Gasteiger charge is -2.28. The largest absolute Gasteiger partial charge is 0.335 e. The molecule has 0 saturated carbocycles. The van der Waals surface area contributed by atoms with E-state index in [1.165, 1.54) is 5.56 Å². The van der Waals surface area contributed by atoms with E-state index >= 15 is 0 Å². The fourth-order valence-corrected chi connectivity index (χ4v) is 4.80. The lowest BCUT2D eigenvalue weighted by atomic mass is 9.89. The van der Waals surface area contributed by atoms with E-state index in [-0.39, 0.29) is 11.9 Å². The van der Waals surface area contributed by atoms with Gasteiger partial charge in [0, 0.05) is 38.5 Å². The number of nitrogens with one attached hydrogen (secondary N) is 1. The van der Waals surface area contributed by atoms with Crippen molar-refractivity contribution in [2.45, 2.75) is 19.0 Å². The number of aromatic nitrogens is 2. The predicted octanol–water partition coefficient (Wildman–Crippen LogP) is 2.85. The highest BCUT2D eigenvalue weighted by atomic mass is 16.2. The number of imidazole rings is 1. The minimum absolute atomic E-state index is 0.193. The van der Waals surface area contributed by atoms with E-state index in [1.807, 2.05) is 30.6 Å². The molecule has 0 unspecified atom stereocenters. The zero-order valence-electron chi connectivity index (χ0n) is 15.3. The first-order valence-corrected chi connectivity index (χ1v) is 9.76. The summed E-state index contributed by atoms with van der Waals surface area (Å²) >= 11 is 0. The van der Waals surface area contributed by atoms with Gasteiger partial charge in [-0.05, 0) is 23.6 Å². The van der Waals surface area contributed by atoms with Crippen molar-refractivity contribution in [1.29, 1.82) is 0 Å². The Balaban J connectivity index is 1.35. The maximum atomic E-state index is 13.2. The molecule has 3 aromatic rings. The monoisotopic (exact) mass is 360 g/mol. The van der Waals surface area contributed by atoms with Crippen molar-refractivity contribution in [1.82, 2.24) is 19.8 Å². The fraction of sp³-hybridized carbons (Fsp3) is 0.364. The number of carbonyl (C=O) groups excluding carboxylic acids is 1. The van der Waals surface area contributed by atoms with Crippen LogP contribution in [0.3, 0.4) is 0 Å². The van der Waals surface area contributed by atoms with Crippen LogP contribution in [0.4, 0.5) is 0 Å². The molecular formula is C22H24N4O. The molecular weight excluding hydrogens is 336 g/mol. The molecule has 1 amide bonds. The number of fused-ring (bicyclic) bond motifs is 2. The van der Waals surface area contributed by atoms with Gasteiger partial charge in [-0.15, -0.1) is 0 Å². The Morgan fingerprint density at radius 2 is 1.89 bits per heavy atom. The standard InChI is InChI=1S/C22H24N4O/c27-21(10-11-25-15-24-19-8-4-5-9-20(19)25)26-14-17-12-23-13-18(17)22(26)16-6-2-1-3-7-16/h1-9,15,17-18,22-23H,10-14H2/t17-,18-,22-/m0/s1. The van der Waals surface area contributed by atoms with Gasteiger partial charge in [-0.3, -0.25) is 4.79 Å². The van der Waals surface area contributed by atoms with Crippen molar-refractivity contribution in [3.63, 3.8) is 0 Å². The number of amides is 1. The Labute approximate surface area is 159 Å². The molecule has 0 bridgehead atoms. The van der Waals surface area contributed by atoms with E-state index in [4.69, 9.17) is 0 Å². The molecule has 2 aliphatic rings. The summed E-state index contributed by atoms with van der Waals surface area (Å²) in [5.74, 6) is 1.33. The van der Waals surface area contributed by atoms with Gasteiger partial charge in [0.2, 0.25) is 5.91 Å². The number of carbonyl (C=O) groups is 1. The van der Waals surface area contributed by atoms with E-state index in [9.17, 15) is 4.79 Å². The first-order valence-electron chi connectivity index (χ1n) is 9.76. The molecule has 3 heterocycles. The van der Waals surface area contributed by atoms with Crippen LogP contribution in [0, 0.1) is 11.8 Å². The first-order chi connectivity index (χ1) is 13.3. The molecule has 0 spiro atoms. The highest BCUT2D eigenvalue weighted by molar-refractivity contribution is 5.78. The molecule has 2 aliphatic heterocycles. The van der Waals surface area contributed by atoms with Crippen LogP contribution in [0.5, 0.6) is 0 Å². The summed E-state index contributed by atoms with van der Waals surface area (Å²) in [5.41, 5.74) is 3.33. The highest BCUT2D eigenvalue weighted by Gasteiger charge is 2.46. The summed E-state index contributed by atoms with van der Waals surface area (Å²) in [5, 5.41) is 3.51. The molecule has 2 saturated heterocycles. The number of hydrogen-bond donors (Lipinski definition) is 1. The van der Waals surface area contributed by atoms with E-state index in [0.717, 1.165) is 30.7 Å². The Morgan fingerprint density at radius 3 is 2.78 bits per heavy atom.